The number of rotatable bonds is 5. The van der Waals surface area contributed by atoms with Crippen LogP contribution in [0.3, 0.4) is 0 Å². The molecule has 176 valence electrons. The number of amides is 3. The minimum atomic E-state index is -0.242. The fourth-order valence-electron chi connectivity index (χ4n) is 4.00. The van der Waals surface area contributed by atoms with Crippen molar-refractivity contribution in [2.24, 2.45) is 0 Å². The van der Waals surface area contributed by atoms with Crippen LogP contribution in [0.4, 0.5) is 5.69 Å². The van der Waals surface area contributed by atoms with Gasteiger partial charge in [0.25, 0.3) is 11.8 Å². The smallest absolute Gasteiger partial charge is 0.275 e. The Morgan fingerprint density at radius 1 is 1.12 bits per heavy atom. The number of anilines is 1. The average Bonchev–Trinajstić information content (AvgIpc) is 3.28. The maximum absolute atomic E-state index is 12.8. The highest BCUT2D eigenvalue weighted by atomic mass is 16.5. The summed E-state index contributed by atoms with van der Waals surface area (Å²) >= 11 is 0. The van der Waals surface area contributed by atoms with E-state index in [-0.39, 0.29) is 47.9 Å². The summed E-state index contributed by atoms with van der Waals surface area (Å²) in [5, 5.41) is 0. The fraction of sp³-hybridized carbons (Fsp3) is 0.500. The van der Waals surface area contributed by atoms with Crippen LogP contribution in [0.2, 0.25) is 0 Å². The van der Waals surface area contributed by atoms with Gasteiger partial charge in [-0.15, -0.1) is 0 Å². The van der Waals surface area contributed by atoms with Crippen LogP contribution in [0.15, 0.2) is 28.9 Å². The zero-order chi connectivity index (χ0) is 23.8. The Kier molecular flexibility index (Phi) is 6.14. The van der Waals surface area contributed by atoms with Crippen molar-refractivity contribution in [1.82, 2.24) is 14.8 Å². The van der Waals surface area contributed by atoms with Crippen molar-refractivity contribution in [1.29, 1.82) is 0 Å². The van der Waals surface area contributed by atoms with Crippen molar-refractivity contribution in [3.8, 4) is 5.75 Å². The van der Waals surface area contributed by atoms with Gasteiger partial charge in [-0.05, 0) is 29.5 Å². The van der Waals surface area contributed by atoms with Gasteiger partial charge >= 0.3 is 0 Å². The third kappa shape index (κ3) is 4.58. The standard InChI is InChI=1S/C24H30N4O5/c1-5-24(3,4)17-6-7-20-19(12-17)28(22(30)15-32-20)13-21-25-18(14-33-21)23(31)27-10-8-26(9-11-27)16(2)29/h6-7,12,14H,5,8-11,13,15H2,1-4H3. The first-order valence-electron chi connectivity index (χ1n) is 11.3. The lowest BCUT2D eigenvalue weighted by atomic mass is 9.82. The molecule has 2 aromatic rings. The van der Waals surface area contributed by atoms with Gasteiger partial charge in [-0.25, -0.2) is 4.98 Å². The number of fused-ring (bicyclic) bond motifs is 1. The van der Waals surface area contributed by atoms with Crippen molar-refractivity contribution in [2.45, 2.75) is 46.1 Å². The summed E-state index contributed by atoms with van der Waals surface area (Å²) in [6.07, 6.45) is 2.28. The first-order valence-corrected chi connectivity index (χ1v) is 11.3. The Labute approximate surface area is 193 Å². The number of oxazole rings is 1. The topological polar surface area (TPSA) is 96.2 Å². The molecule has 1 saturated heterocycles. The van der Waals surface area contributed by atoms with E-state index in [4.69, 9.17) is 9.15 Å². The van der Waals surface area contributed by atoms with E-state index in [0.29, 0.717) is 37.6 Å². The van der Waals surface area contributed by atoms with Gasteiger partial charge in [0.1, 0.15) is 18.6 Å². The normalized spacial score (nSPS) is 16.5. The van der Waals surface area contributed by atoms with E-state index in [1.54, 1.807) is 14.7 Å². The maximum Gasteiger partial charge on any atom is 0.275 e. The van der Waals surface area contributed by atoms with Crippen molar-refractivity contribution in [3.05, 3.63) is 41.6 Å². The van der Waals surface area contributed by atoms with E-state index in [2.05, 4.69) is 25.8 Å². The van der Waals surface area contributed by atoms with Gasteiger partial charge in [0.05, 0.1) is 5.69 Å². The predicted octanol–water partition coefficient (Wildman–Crippen LogP) is 2.59. The molecule has 9 heteroatoms. The molecule has 0 aliphatic carbocycles. The summed E-state index contributed by atoms with van der Waals surface area (Å²) in [4.78, 5) is 46.4. The van der Waals surface area contributed by atoms with Crippen LogP contribution in [0.1, 0.15) is 56.1 Å². The van der Waals surface area contributed by atoms with Gasteiger partial charge in [0.2, 0.25) is 11.8 Å². The molecule has 1 fully saturated rings. The van der Waals surface area contributed by atoms with E-state index < -0.39 is 0 Å². The van der Waals surface area contributed by atoms with Crippen LogP contribution in [0, 0.1) is 0 Å². The first-order chi connectivity index (χ1) is 15.7. The van der Waals surface area contributed by atoms with E-state index in [1.807, 2.05) is 18.2 Å². The molecule has 9 nitrogen and oxygen atoms in total. The van der Waals surface area contributed by atoms with Crippen LogP contribution < -0.4 is 9.64 Å². The van der Waals surface area contributed by atoms with Crippen molar-refractivity contribution in [3.63, 3.8) is 0 Å². The molecule has 0 spiro atoms. The van der Waals surface area contributed by atoms with E-state index in [1.165, 1.54) is 13.2 Å². The lowest BCUT2D eigenvalue weighted by molar-refractivity contribution is -0.130. The van der Waals surface area contributed by atoms with Crippen molar-refractivity contribution >= 4 is 23.4 Å². The second-order valence-corrected chi connectivity index (χ2v) is 9.11. The van der Waals surface area contributed by atoms with Crippen LogP contribution in [-0.2, 0) is 21.5 Å². The molecule has 0 N–H and O–H groups in total. The van der Waals surface area contributed by atoms with Crippen LogP contribution >= 0.6 is 0 Å². The van der Waals surface area contributed by atoms with Crippen molar-refractivity contribution in [2.75, 3.05) is 37.7 Å². The Balaban J connectivity index is 1.50. The Morgan fingerprint density at radius 2 is 1.82 bits per heavy atom. The highest BCUT2D eigenvalue weighted by Crippen LogP contribution is 2.38. The van der Waals surface area contributed by atoms with Gasteiger partial charge in [-0.1, -0.05) is 26.8 Å². The molecule has 33 heavy (non-hydrogen) atoms. The molecule has 0 radical (unpaired) electrons. The summed E-state index contributed by atoms with van der Waals surface area (Å²) in [6, 6.07) is 5.91. The number of hydrogen-bond acceptors (Lipinski definition) is 6. The van der Waals surface area contributed by atoms with Gasteiger partial charge in [-0.3, -0.25) is 19.3 Å². The van der Waals surface area contributed by atoms with E-state index in [0.717, 1.165) is 12.0 Å². The molecule has 2 aliphatic rings. The molecule has 0 unspecified atom stereocenters. The zero-order valence-corrected chi connectivity index (χ0v) is 19.6. The van der Waals surface area contributed by atoms with Crippen LogP contribution in [0.5, 0.6) is 5.75 Å². The number of benzene rings is 1. The molecule has 0 atom stereocenters. The zero-order valence-electron chi connectivity index (χ0n) is 19.6. The third-order valence-electron chi connectivity index (χ3n) is 6.64. The largest absolute Gasteiger partial charge is 0.482 e. The quantitative estimate of drug-likeness (QED) is 0.689. The number of piperazine rings is 1. The summed E-state index contributed by atoms with van der Waals surface area (Å²) in [7, 11) is 0. The number of carbonyl (C=O) groups excluding carboxylic acids is 3. The number of aromatic nitrogens is 1. The molecule has 1 aromatic heterocycles. The predicted molar refractivity (Wildman–Crippen MR) is 121 cm³/mol. The van der Waals surface area contributed by atoms with E-state index >= 15 is 0 Å². The van der Waals surface area contributed by atoms with Crippen LogP contribution in [-0.4, -0.2) is 65.3 Å². The summed E-state index contributed by atoms with van der Waals surface area (Å²) in [6.45, 7) is 9.93. The van der Waals surface area contributed by atoms with Gasteiger partial charge in [0.15, 0.2) is 12.3 Å². The molecule has 2 aliphatic heterocycles. The molecule has 3 heterocycles. The number of ether oxygens (including phenoxy) is 1. The Bertz CT molecular complexity index is 1070. The molecule has 4 rings (SSSR count). The average molecular weight is 455 g/mol. The number of hydrogen-bond donors (Lipinski definition) is 0. The molecule has 1 aromatic carbocycles. The monoisotopic (exact) mass is 454 g/mol. The van der Waals surface area contributed by atoms with Gasteiger partial charge < -0.3 is 19.0 Å². The minimum absolute atomic E-state index is 0.00626. The lowest BCUT2D eigenvalue weighted by Gasteiger charge is -2.33. The Hall–Kier alpha value is -3.36. The number of nitrogens with zero attached hydrogens (tertiary/aromatic N) is 4. The Morgan fingerprint density at radius 3 is 2.48 bits per heavy atom. The highest BCUT2D eigenvalue weighted by Gasteiger charge is 2.30. The van der Waals surface area contributed by atoms with E-state index in [9.17, 15) is 14.4 Å². The van der Waals surface area contributed by atoms with Gasteiger partial charge in [0, 0.05) is 33.1 Å². The maximum atomic E-state index is 12.8. The molecule has 0 saturated carbocycles. The minimum Gasteiger partial charge on any atom is -0.482 e. The highest BCUT2D eigenvalue weighted by molar-refractivity contribution is 5.98. The summed E-state index contributed by atoms with van der Waals surface area (Å²) in [5.74, 6) is 0.486. The summed E-state index contributed by atoms with van der Waals surface area (Å²) in [5.41, 5.74) is 1.94. The third-order valence-corrected chi connectivity index (χ3v) is 6.64. The van der Waals surface area contributed by atoms with Gasteiger partial charge in [-0.2, -0.15) is 0 Å². The molecular formula is C24H30N4O5. The molecule has 0 bridgehead atoms. The lowest BCUT2D eigenvalue weighted by Crippen LogP contribution is -2.50. The van der Waals surface area contributed by atoms with Crippen molar-refractivity contribution < 1.29 is 23.5 Å². The summed E-state index contributed by atoms with van der Waals surface area (Å²) < 4.78 is 11.2. The second kappa shape index (κ2) is 8.88. The SMILES string of the molecule is CCC(C)(C)c1ccc2c(c1)N(Cc1nc(C(=O)N3CCN(C(C)=O)CC3)co1)C(=O)CO2. The van der Waals surface area contributed by atoms with Crippen LogP contribution in [0.25, 0.3) is 0 Å². The first kappa shape index (κ1) is 22.8. The second-order valence-electron chi connectivity index (χ2n) is 9.11. The fourth-order valence-corrected chi connectivity index (χ4v) is 4.00. The molecular weight excluding hydrogens is 424 g/mol. The molecule has 3 amide bonds. The number of carbonyl (C=O) groups is 3.